The van der Waals surface area contributed by atoms with Crippen LogP contribution in [0.4, 0.5) is 0 Å². The number of hydrogen-bond acceptors (Lipinski definition) is 3. The lowest BCUT2D eigenvalue weighted by atomic mass is 9.81. The van der Waals surface area contributed by atoms with E-state index in [1.54, 1.807) is 7.11 Å². The minimum Gasteiger partial charge on any atom is -0.496 e. The van der Waals surface area contributed by atoms with Gasteiger partial charge in [-0.05, 0) is 61.9 Å². The molecule has 1 aromatic rings. The summed E-state index contributed by atoms with van der Waals surface area (Å²) >= 11 is 0. The number of nitrogens with two attached hydrogens (primary N) is 1. The maximum Gasteiger partial charge on any atom is 0.122 e. The summed E-state index contributed by atoms with van der Waals surface area (Å²) in [6, 6.07) is 4.65. The molecule has 0 atom stereocenters. The Kier molecular flexibility index (Phi) is 4.25. The summed E-state index contributed by atoms with van der Waals surface area (Å²) in [6.07, 6.45) is 2.35. The first-order valence-corrected chi connectivity index (χ1v) is 6.71. The largest absolute Gasteiger partial charge is 0.496 e. The van der Waals surface area contributed by atoms with Crippen molar-refractivity contribution in [1.29, 1.82) is 0 Å². The van der Waals surface area contributed by atoms with Crippen LogP contribution >= 0.6 is 0 Å². The van der Waals surface area contributed by atoms with Gasteiger partial charge in [-0.2, -0.15) is 0 Å². The van der Waals surface area contributed by atoms with Crippen LogP contribution in [0.25, 0.3) is 0 Å². The van der Waals surface area contributed by atoms with Crippen LogP contribution in [0.1, 0.15) is 29.5 Å². The lowest BCUT2D eigenvalue weighted by Crippen LogP contribution is -2.41. The smallest absolute Gasteiger partial charge is 0.122 e. The molecule has 3 N–H and O–H groups in total. The Bertz CT molecular complexity index is 411. The summed E-state index contributed by atoms with van der Waals surface area (Å²) in [7, 11) is 1.72. The van der Waals surface area contributed by atoms with Crippen molar-refractivity contribution in [1.82, 2.24) is 5.32 Å². The molecule has 3 nitrogen and oxygen atoms in total. The molecule has 0 amide bonds. The molecular formula is C15H24N2O. The summed E-state index contributed by atoms with van der Waals surface area (Å²) in [5, 5.41) is 3.53. The highest BCUT2D eigenvalue weighted by Gasteiger charge is 2.25. The SMILES string of the molecule is COc1ccc(CNCC2CC(N)C2)c(C)c1C. The zero-order valence-corrected chi connectivity index (χ0v) is 11.6. The van der Waals surface area contributed by atoms with Gasteiger partial charge in [-0.3, -0.25) is 0 Å². The average Bonchev–Trinajstić information content (AvgIpc) is 2.32. The minimum atomic E-state index is 0.446. The number of rotatable bonds is 5. The van der Waals surface area contributed by atoms with Crippen LogP contribution in [0.15, 0.2) is 12.1 Å². The molecule has 100 valence electrons. The fourth-order valence-electron chi connectivity index (χ4n) is 2.63. The van der Waals surface area contributed by atoms with Crippen molar-refractivity contribution in [3.63, 3.8) is 0 Å². The van der Waals surface area contributed by atoms with E-state index < -0.39 is 0 Å². The van der Waals surface area contributed by atoms with Crippen LogP contribution < -0.4 is 15.8 Å². The Hall–Kier alpha value is -1.06. The summed E-state index contributed by atoms with van der Waals surface area (Å²) in [5.41, 5.74) is 9.71. The van der Waals surface area contributed by atoms with Gasteiger partial charge < -0.3 is 15.8 Å². The Balaban J connectivity index is 1.87. The quantitative estimate of drug-likeness (QED) is 0.839. The van der Waals surface area contributed by atoms with Gasteiger partial charge in [-0.25, -0.2) is 0 Å². The molecule has 0 saturated heterocycles. The van der Waals surface area contributed by atoms with E-state index in [1.165, 1.54) is 29.5 Å². The summed E-state index contributed by atoms with van der Waals surface area (Å²) in [5.74, 6) is 1.75. The van der Waals surface area contributed by atoms with Gasteiger partial charge in [0.2, 0.25) is 0 Å². The van der Waals surface area contributed by atoms with Gasteiger partial charge in [0.15, 0.2) is 0 Å². The first kappa shape index (κ1) is 13.4. The number of nitrogens with one attached hydrogen (secondary N) is 1. The van der Waals surface area contributed by atoms with Gasteiger partial charge in [-0.1, -0.05) is 6.07 Å². The Morgan fingerprint density at radius 1 is 1.28 bits per heavy atom. The first-order chi connectivity index (χ1) is 8.61. The molecule has 2 rings (SSSR count). The topological polar surface area (TPSA) is 47.3 Å². The molecule has 0 unspecified atom stereocenters. The van der Waals surface area contributed by atoms with Gasteiger partial charge in [0.1, 0.15) is 5.75 Å². The molecule has 0 radical (unpaired) electrons. The molecular weight excluding hydrogens is 224 g/mol. The van der Waals surface area contributed by atoms with E-state index in [4.69, 9.17) is 10.5 Å². The lowest BCUT2D eigenvalue weighted by Gasteiger charge is -2.32. The van der Waals surface area contributed by atoms with E-state index in [9.17, 15) is 0 Å². The second kappa shape index (κ2) is 5.72. The van der Waals surface area contributed by atoms with E-state index >= 15 is 0 Å². The molecule has 1 aliphatic carbocycles. The third kappa shape index (κ3) is 2.85. The molecule has 0 heterocycles. The number of benzene rings is 1. The monoisotopic (exact) mass is 248 g/mol. The molecule has 0 aromatic heterocycles. The first-order valence-electron chi connectivity index (χ1n) is 6.71. The second-order valence-electron chi connectivity index (χ2n) is 5.41. The highest BCUT2D eigenvalue weighted by atomic mass is 16.5. The Labute approximate surface area is 110 Å². The molecule has 1 aromatic carbocycles. The zero-order chi connectivity index (χ0) is 13.1. The van der Waals surface area contributed by atoms with Crippen molar-refractivity contribution >= 4 is 0 Å². The molecule has 0 bridgehead atoms. The highest BCUT2D eigenvalue weighted by Crippen LogP contribution is 2.26. The lowest BCUT2D eigenvalue weighted by molar-refractivity contribution is 0.256. The normalized spacial score (nSPS) is 22.7. The van der Waals surface area contributed by atoms with Crippen molar-refractivity contribution in [2.75, 3.05) is 13.7 Å². The van der Waals surface area contributed by atoms with Crippen molar-refractivity contribution in [3.05, 3.63) is 28.8 Å². The molecule has 1 fully saturated rings. The zero-order valence-electron chi connectivity index (χ0n) is 11.6. The van der Waals surface area contributed by atoms with Gasteiger partial charge >= 0.3 is 0 Å². The predicted octanol–water partition coefficient (Wildman–Crippen LogP) is 2.14. The fraction of sp³-hybridized carbons (Fsp3) is 0.600. The second-order valence-corrected chi connectivity index (χ2v) is 5.41. The third-order valence-corrected chi connectivity index (χ3v) is 4.09. The molecule has 0 aliphatic heterocycles. The average molecular weight is 248 g/mol. The van der Waals surface area contributed by atoms with Crippen molar-refractivity contribution in [2.45, 2.75) is 39.3 Å². The summed E-state index contributed by atoms with van der Waals surface area (Å²) < 4.78 is 5.33. The molecule has 3 heteroatoms. The van der Waals surface area contributed by atoms with Crippen molar-refractivity contribution in [2.24, 2.45) is 11.7 Å². The fourth-order valence-corrected chi connectivity index (χ4v) is 2.63. The van der Waals surface area contributed by atoms with Gasteiger partial charge in [0, 0.05) is 12.6 Å². The van der Waals surface area contributed by atoms with Crippen LogP contribution in [-0.4, -0.2) is 19.7 Å². The number of hydrogen-bond donors (Lipinski definition) is 2. The van der Waals surface area contributed by atoms with E-state index in [2.05, 4.69) is 31.3 Å². The minimum absolute atomic E-state index is 0.446. The van der Waals surface area contributed by atoms with E-state index in [0.717, 1.165) is 24.8 Å². The standard InChI is InChI=1S/C15H24N2O/c1-10-11(2)15(18-3)5-4-13(10)9-17-8-12-6-14(16)7-12/h4-5,12,14,17H,6-9,16H2,1-3H3. The van der Waals surface area contributed by atoms with Crippen LogP contribution in [0.3, 0.4) is 0 Å². The number of ether oxygens (including phenoxy) is 1. The van der Waals surface area contributed by atoms with Crippen LogP contribution in [0.2, 0.25) is 0 Å². The highest BCUT2D eigenvalue weighted by molar-refractivity contribution is 5.43. The number of methoxy groups -OCH3 is 1. The molecule has 1 saturated carbocycles. The van der Waals surface area contributed by atoms with Crippen LogP contribution in [0, 0.1) is 19.8 Å². The maximum absolute atomic E-state index is 5.79. The Morgan fingerprint density at radius 3 is 2.61 bits per heavy atom. The van der Waals surface area contributed by atoms with Gasteiger partial charge in [-0.15, -0.1) is 0 Å². The van der Waals surface area contributed by atoms with Crippen LogP contribution in [0.5, 0.6) is 5.75 Å². The van der Waals surface area contributed by atoms with E-state index in [0.29, 0.717) is 6.04 Å². The van der Waals surface area contributed by atoms with Crippen LogP contribution in [-0.2, 0) is 6.54 Å². The van der Waals surface area contributed by atoms with Crippen molar-refractivity contribution in [3.8, 4) is 5.75 Å². The molecule has 1 aliphatic rings. The molecule has 0 spiro atoms. The van der Waals surface area contributed by atoms with Gasteiger partial charge in [0.05, 0.1) is 7.11 Å². The van der Waals surface area contributed by atoms with Gasteiger partial charge in [0.25, 0.3) is 0 Å². The van der Waals surface area contributed by atoms with Crippen molar-refractivity contribution < 1.29 is 4.74 Å². The summed E-state index contributed by atoms with van der Waals surface area (Å²) in [6.45, 7) is 6.29. The maximum atomic E-state index is 5.79. The summed E-state index contributed by atoms with van der Waals surface area (Å²) in [4.78, 5) is 0. The van der Waals surface area contributed by atoms with E-state index in [-0.39, 0.29) is 0 Å². The third-order valence-electron chi connectivity index (χ3n) is 4.09. The Morgan fingerprint density at radius 2 is 2.00 bits per heavy atom. The van der Waals surface area contributed by atoms with E-state index in [1.807, 2.05) is 0 Å². The predicted molar refractivity (Wildman–Crippen MR) is 74.9 cm³/mol. The molecule has 18 heavy (non-hydrogen) atoms.